The van der Waals surface area contributed by atoms with Gasteiger partial charge in [-0.3, -0.25) is 9.71 Å². The number of aromatic nitrogens is 1. The zero-order chi connectivity index (χ0) is 14.9. The molecule has 1 heterocycles. The van der Waals surface area contributed by atoms with Gasteiger partial charge in [0.15, 0.2) is 5.82 Å². The Morgan fingerprint density at radius 1 is 1.00 bits per heavy atom. The lowest BCUT2D eigenvalue weighted by atomic mass is 10.1. The molecule has 2 aromatic carbocycles. The van der Waals surface area contributed by atoms with E-state index in [2.05, 4.69) is 9.71 Å². The lowest BCUT2D eigenvalue weighted by Gasteiger charge is -2.10. The van der Waals surface area contributed by atoms with Crippen molar-refractivity contribution in [3.63, 3.8) is 0 Å². The standard InChI is InChI=1S/C15H11FN2O2S/c16-13-10-17-9-8-14(13)18-21(19,20)15-7-3-5-11-4-1-2-6-12(11)15/h1-10H,(H,17,18). The van der Waals surface area contributed by atoms with Crippen LogP contribution in [0.15, 0.2) is 65.8 Å². The maximum atomic E-state index is 13.6. The van der Waals surface area contributed by atoms with Gasteiger partial charge in [0.2, 0.25) is 0 Å². The third-order valence-electron chi connectivity index (χ3n) is 3.06. The molecular formula is C15H11FN2O2S. The van der Waals surface area contributed by atoms with E-state index in [0.29, 0.717) is 5.39 Å². The molecule has 1 N–H and O–H groups in total. The van der Waals surface area contributed by atoms with Crippen molar-refractivity contribution < 1.29 is 12.8 Å². The summed E-state index contributed by atoms with van der Waals surface area (Å²) in [5.41, 5.74) is -0.127. The number of pyridine rings is 1. The Bertz CT molecular complexity index is 905. The number of halogens is 1. The molecule has 0 spiro atoms. The predicted molar refractivity (Wildman–Crippen MR) is 79.0 cm³/mol. The van der Waals surface area contributed by atoms with Crippen LogP contribution in [-0.2, 0) is 10.0 Å². The first-order valence-electron chi connectivity index (χ1n) is 6.18. The van der Waals surface area contributed by atoms with E-state index in [1.807, 2.05) is 18.2 Å². The highest BCUT2D eigenvalue weighted by Gasteiger charge is 2.18. The van der Waals surface area contributed by atoms with Gasteiger partial charge in [0.25, 0.3) is 10.0 Å². The number of benzene rings is 2. The molecule has 0 atom stereocenters. The first kappa shape index (κ1) is 13.5. The van der Waals surface area contributed by atoms with Crippen molar-refractivity contribution in [2.45, 2.75) is 4.90 Å². The molecule has 0 radical (unpaired) electrons. The van der Waals surface area contributed by atoms with Crippen LogP contribution in [0.25, 0.3) is 10.8 Å². The molecule has 1 aromatic heterocycles. The molecule has 0 fully saturated rings. The lowest BCUT2D eigenvalue weighted by Crippen LogP contribution is -2.14. The van der Waals surface area contributed by atoms with Gasteiger partial charge in [0, 0.05) is 11.6 Å². The molecule has 3 aromatic rings. The largest absolute Gasteiger partial charge is 0.277 e. The summed E-state index contributed by atoms with van der Waals surface area (Å²) < 4.78 is 40.8. The van der Waals surface area contributed by atoms with Crippen LogP contribution in [0.5, 0.6) is 0 Å². The van der Waals surface area contributed by atoms with E-state index in [0.717, 1.165) is 11.6 Å². The van der Waals surface area contributed by atoms with E-state index in [4.69, 9.17) is 0 Å². The van der Waals surface area contributed by atoms with Crippen molar-refractivity contribution in [3.05, 3.63) is 66.7 Å². The summed E-state index contributed by atoms with van der Waals surface area (Å²) in [6.07, 6.45) is 2.28. The number of nitrogens with one attached hydrogen (secondary N) is 1. The minimum atomic E-state index is -3.88. The van der Waals surface area contributed by atoms with Crippen molar-refractivity contribution in [1.82, 2.24) is 4.98 Å². The molecule has 0 amide bonds. The van der Waals surface area contributed by atoms with E-state index in [-0.39, 0.29) is 10.6 Å². The predicted octanol–water partition coefficient (Wildman–Crippen LogP) is 3.17. The van der Waals surface area contributed by atoms with Gasteiger partial charge < -0.3 is 0 Å². The summed E-state index contributed by atoms with van der Waals surface area (Å²) in [5, 5.41) is 1.39. The summed E-state index contributed by atoms with van der Waals surface area (Å²) in [6.45, 7) is 0. The Morgan fingerprint density at radius 2 is 1.76 bits per heavy atom. The van der Waals surface area contributed by atoms with Crippen LogP contribution in [0.4, 0.5) is 10.1 Å². The van der Waals surface area contributed by atoms with Crippen LogP contribution in [0.2, 0.25) is 0 Å². The fourth-order valence-corrected chi connectivity index (χ4v) is 3.39. The van der Waals surface area contributed by atoms with Crippen LogP contribution in [0.1, 0.15) is 0 Å². The Kier molecular flexibility index (Phi) is 3.31. The lowest BCUT2D eigenvalue weighted by molar-refractivity contribution is 0.598. The second-order valence-corrected chi connectivity index (χ2v) is 6.09. The highest BCUT2D eigenvalue weighted by molar-refractivity contribution is 7.93. The molecule has 106 valence electrons. The number of hydrogen-bond donors (Lipinski definition) is 1. The zero-order valence-corrected chi connectivity index (χ0v) is 11.6. The molecule has 0 saturated heterocycles. The minimum Gasteiger partial charge on any atom is -0.277 e. The number of hydrogen-bond acceptors (Lipinski definition) is 3. The third kappa shape index (κ3) is 2.57. The highest BCUT2D eigenvalue weighted by Crippen LogP contribution is 2.25. The Labute approximate surface area is 121 Å². The van der Waals surface area contributed by atoms with Crippen LogP contribution < -0.4 is 4.72 Å². The summed E-state index contributed by atoms with van der Waals surface area (Å²) in [4.78, 5) is 3.70. The average Bonchev–Trinajstić information content (AvgIpc) is 2.49. The minimum absolute atomic E-state index is 0.108. The molecule has 0 unspecified atom stereocenters. The van der Waals surface area contributed by atoms with Crippen molar-refractivity contribution >= 4 is 26.5 Å². The number of rotatable bonds is 3. The SMILES string of the molecule is O=S(=O)(Nc1ccncc1F)c1cccc2ccccc12. The molecule has 0 aliphatic rings. The van der Waals surface area contributed by atoms with Gasteiger partial charge >= 0.3 is 0 Å². The van der Waals surface area contributed by atoms with Gasteiger partial charge in [-0.05, 0) is 17.5 Å². The Morgan fingerprint density at radius 3 is 2.57 bits per heavy atom. The van der Waals surface area contributed by atoms with E-state index >= 15 is 0 Å². The molecular weight excluding hydrogens is 291 g/mol. The second-order valence-electron chi connectivity index (χ2n) is 4.44. The van der Waals surface area contributed by atoms with Gasteiger partial charge in [-0.25, -0.2) is 12.8 Å². The molecule has 0 bridgehead atoms. The maximum absolute atomic E-state index is 13.6. The normalized spacial score (nSPS) is 11.5. The van der Waals surface area contributed by atoms with E-state index in [1.165, 1.54) is 18.3 Å². The van der Waals surface area contributed by atoms with Crippen LogP contribution in [0, 0.1) is 5.82 Å². The monoisotopic (exact) mass is 302 g/mol. The maximum Gasteiger partial charge on any atom is 0.262 e. The van der Waals surface area contributed by atoms with Crippen molar-refractivity contribution in [2.75, 3.05) is 4.72 Å². The van der Waals surface area contributed by atoms with E-state index in [9.17, 15) is 12.8 Å². The van der Waals surface area contributed by atoms with Gasteiger partial charge in [-0.15, -0.1) is 0 Å². The van der Waals surface area contributed by atoms with Crippen LogP contribution in [-0.4, -0.2) is 13.4 Å². The van der Waals surface area contributed by atoms with Gasteiger partial charge in [-0.2, -0.15) is 0 Å². The summed E-state index contributed by atoms with van der Waals surface area (Å²) >= 11 is 0. The molecule has 0 aliphatic heterocycles. The van der Waals surface area contributed by atoms with Crippen molar-refractivity contribution in [3.8, 4) is 0 Å². The Hall–Kier alpha value is -2.47. The van der Waals surface area contributed by atoms with E-state index in [1.54, 1.807) is 18.2 Å². The first-order chi connectivity index (χ1) is 10.1. The number of sulfonamides is 1. The topological polar surface area (TPSA) is 59.1 Å². The van der Waals surface area contributed by atoms with Crippen LogP contribution in [0.3, 0.4) is 0 Å². The highest BCUT2D eigenvalue weighted by atomic mass is 32.2. The zero-order valence-electron chi connectivity index (χ0n) is 10.8. The fourth-order valence-electron chi connectivity index (χ4n) is 2.09. The third-order valence-corrected chi connectivity index (χ3v) is 4.48. The van der Waals surface area contributed by atoms with E-state index < -0.39 is 15.8 Å². The molecule has 0 saturated carbocycles. The Balaban J connectivity index is 2.11. The molecule has 21 heavy (non-hydrogen) atoms. The quantitative estimate of drug-likeness (QED) is 0.808. The van der Waals surface area contributed by atoms with Crippen LogP contribution >= 0.6 is 0 Å². The molecule has 6 heteroatoms. The van der Waals surface area contributed by atoms with Crippen molar-refractivity contribution in [1.29, 1.82) is 0 Å². The van der Waals surface area contributed by atoms with Gasteiger partial charge in [0.1, 0.15) is 0 Å². The average molecular weight is 302 g/mol. The molecule has 4 nitrogen and oxygen atoms in total. The molecule has 0 aliphatic carbocycles. The van der Waals surface area contributed by atoms with Gasteiger partial charge in [0.05, 0.1) is 16.8 Å². The summed E-state index contributed by atoms with van der Waals surface area (Å²) in [5.74, 6) is -0.721. The molecule has 3 rings (SSSR count). The number of fused-ring (bicyclic) bond motifs is 1. The first-order valence-corrected chi connectivity index (χ1v) is 7.66. The fraction of sp³-hybridized carbons (Fsp3) is 0. The number of anilines is 1. The number of nitrogens with zero attached hydrogens (tertiary/aromatic N) is 1. The summed E-state index contributed by atoms with van der Waals surface area (Å²) in [7, 11) is -3.88. The van der Waals surface area contributed by atoms with Crippen molar-refractivity contribution in [2.24, 2.45) is 0 Å². The smallest absolute Gasteiger partial charge is 0.262 e. The van der Waals surface area contributed by atoms with Gasteiger partial charge in [-0.1, -0.05) is 36.4 Å². The second kappa shape index (κ2) is 5.14. The summed E-state index contributed by atoms with van der Waals surface area (Å²) in [6, 6.07) is 13.4.